The average Bonchev–Trinajstić information content (AvgIpc) is 2.66. The third-order valence-electron chi connectivity index (χ3n) is 4.36. The summed E-state index contributed by atoms with van der Waals surface area (Å²) >= 11 is 0. The third kappa shape index (κ3) is 4.28. The standard InChI is InChI=1S/C22H22N2O2/c1-15-8-9-19(12-16(15)2)17(3)23-24-22(25)14-26-21-11-10-18-6-4-5-7-20(18)13-21/h4-13H,14H2,1-3H3,(H,24,25)/b23-17+. The summed E-state index contributed by atoms with van der Waals surface area (Å²) in [5, 5.41) is 6.38. The zero-order chi connectivity index (χ0) is 18.5. The second-order valence-electron chi connectivity index (χ2n) is 6.33. The van der Waals surface area contributed by atoms with Gasteiger partial charge < -0.3 is 4.74 Å². The Morgan fingerprint density at radius 3 is 2.50 bits per heavy atom. The molecule has 26 heavy (non-hydrogen) atoms. The van der Waals surface area contributed by atoms with Gasteiger partial charge in [0.05, 0.1) is 5.71 Å². The van der Waals surface area contributed by atoms with Crippen LogP contribution in [0, 0.1) is 13.8 Å². The first-order valence-corrected chi connectivity index (χ1v) is 8.55. The molecule has 0 aliphatic rings. The summed E-state index contributed by atoms with van der Waals surface area (Å²) in [6.07, 6.45) is 0. The minimum atomic E-state index is -0.290. The normalized spacial score (nSPS) is 11.4. The number of carbonyl (C=O) groups excluding carboxylic acids is 1. The summed E-state index contributed by atoms with van der Waals surface area (Å²) in [5.41, 5.74) is 6.72. The van der Waals surface area contributed by atoms with Crippen molar-refractivity contribution in [2.24, 2.45) is 5.10 Å². The van der Waals surface area contributed by atoms with Gasteiger partial charge in [0.2, 0.25) is 0 Å². The first-order chi connectivity index (χ1) is 12.5. The Kier molecular flexibility index (Phi) is 5.32. The van der Waals surface area contributed by atoms with E-state index in [2.05, 4.69) is 30.4 Å². The molecule has 4 nitrogen and oxygen atoms in total. The number of nitrogens with one attached hydrogen (secondary N) is 1. The number of ether oxygens (including phenoxy) is 1. The summed E-state index contributed by atoms with van der Waals surface area (Å²) in [7, 11) is 0. The molecule has 0 aromatic heterocycles. The van der Waals surface area contributed by atoms with Crippen LogP contribution in [0.4, 0.5) is 0 Å². The fourth-order valence-corrected chi connectivity index (χ4v) is 2.62. The van der Waals surface area contributed by atoms with Crippen molar-refractivity contribution in [2.45, 2.75) is 20.8 Å². The van der Waals surface area contributed by atoms with Crippen molar-refractivity contribution in [3.8, 4) is 5.75 Å². The molecule has 3 rings (SSSR count). The minimum absolute atomic E-state index is 0.0813. The molecule has 0 aliphatic carbocycles. The van der Waals surface area contributed by atoms with E-state index >= 15 is 0 Å². The lowest BCUT2D eigenvalue weighted by Gasteiger charge is -2.08. The van der Waals surface area contributed by atoms with Crippen LogP contribution in [-0.4, -0.2) is 18.2 Å². The Labute approximate surface area is 153 Å². The van der Waals surface area contributed by atoms with Crippen molar-refractivity contribution < 1.29 is 9.53 Å². The van der Waals surface area contributed by atoms with E-state index < -0.39 is 0 Å². The van der Waals surface area contributed by atoms with Crippen molar-refractivity contribution >= 4 is 22.4 Å². The second kappa shape index (κ2) is 7.83. The Morgan fingerprint density at radius 2 is 1.73 bits per heavy atom. The summed E-state index contributed by atoms with van der Waals surface area (Å²) in [5.74, 6) is 0.370. The maximum atomic E-state index is 12.0. The highest BCUT2D eigenvalue weighted by Crippen LogP contribution is 2.20. The van der Waals surface area contributed by atoms with E-state index in [1.54, 1.807) is 0 Å². The van der Waals surface area contributed by atoms with Crippen molar-refractivity contribution in [3.63, 3.8) is 0 Å². The molecule has 0 aliphatic heterocycles. The number of aryl methyl sites for hydroxylation is 2. The number of hydrogen-bond acceptors (Lipinski definition) is 3. The van der Waals surface area contributed by atoms with Crippen LogP contribution in [-0.2, 0) is 4.79 Å². The lowest BCUT2D eigenvalue weighted by molar-refractivity contribution is -0.123. The van der Waals surface area contributed by atoms with Gasteiger partial charge in [-0.05, 0) is 66.4 Å². The van der Waals surface area contributed by atoms with Gasteiger partial charge in [0.15, 0.2) is 6.61 Å². The van der Waals surface area contributed by atoms with Crippen LogP contribution >= 0.6 is 0 Å². The van der Waals surface area contributed by atoms with Gasteiger partial charge in [-0.1, -0.05) is 42.5 Å². The van der Waals surface area contributed by atoms with E-state index in [0.29, 0.717) is 5.75 Å². The number of carbonyl (C=O) groups is 1. The van der Waals surface area contributed by atoms with E-state index in [1.807, 2.05) is 61.5 Å². The Balaban J connectivity index is 1.58. The molecule has 4 heteroatoms. The number of nitrogens with zero attached hydrogens (tertiary/aromatic N) is 1. The number of fused-ring (bicyclic) bond motifs is 1. The molecule has 1 N–H and O–H groups in total. The lowest BCUT2D eigenvalue weighted by atomic mass is 10.0. The fourth-order valence-electron chi connectivity index (χ4n) is 2.62. The number of benzene rings is 3. The highest BCUT2D eigenvalue weighted by molar-refractivity contribution is 5.99. The first-order valence-electron chi connectivity index (χ1n) is 8.55. The zero-order valence-corrected chi connectivity index (χ0v) is 15.2. The molecule has 0 saturated carbocycles. The number of hydrogen-bond donors (Lipinski definition) is 1. The van der Waals surface area contributed by atoms with E-state index in [9.17, 15) is 4.79 Å². The van der Waals surface area contributed by atoms with Gasteiger partial charge in [0, 0.05) is 0 Å². The van der Waals surface area contributed by atoms with Gasteiger partial charge >= 0.3 is 0 Å². The molecule has 0 radical (unpaired) electrons. The molecule has 0 heterocycles. The molecule has 0 atom stereocenters. The van der Waals surface area contributed by atoms with Gasteiger partial charge in [-0.15, -0.1) is 0 Å². The summed E-state index contributed by atoms with van der Waals surface area (Å²) in [4.78, 5) is 12.0. The topological polar surface area (TPSA) is 50.7 Å². The number of amides is 1. The molecule has 0 bridgehead atoms. The van der Waals surface area contributed by atoms with E-state index in [4.69, 9.17) is 4.74 Å². The number of hydrazone groups is 1. The van der Waals surface area contributed by atoms with Gasteiger partial charge in [-0.2, -0.15) is 5.10 Å². The molecule has 3 aromatic carbocycles. The molecule has 0 spiro atoms. The Bertz CT molecular complexity index is 977. The van der Waals surface area contributed by atoms with Crippen molar-refractivity contribution in [3.05, 3.63) is 77.4 Å². The van der Waals surface area contributed by atoms with Crippen LogP contribution in [0.2, 0.25) is 0 Å². The lowest BCUT2D eigenvalue weighted by Crippen LogP contribution is -2.25. The first kappa shape index (κ1) is 17.7. The smallest absolute Gasteiger partial charge is 0.277 e. The SMILES string of the molecule is C/C(=N\NC(=O)COc1ccc2ccccc2c1)c1ccc(C)c(C)c1. The molecule has 132 valence electrons. The third-order valence-corrected chi connectivity index (χ3v) is 4.36. The summed E-state index contributed by atoms with van der Waals surface area (Å²) in [6.45, 7) is 5.91. The van der Waals surface area contributed by atoms with Crippen LogP contribution in [0.1, 0.15) is 23.6 Å². The van der Waals surface area contributed by atoms with Gasteiger partial charge in [-0.3, -0.25) is 4.79 Å². The monoisotopic (exact) mass is 346 g/mol. The second-order valence-corrected chi connectivity index (χ2v) is 6.33. The highest BCUT2D eigenvalue weighted by atomic mass is 16.5. The van der Waals surface area contributed by atoms with Crippen molar-refractivity contribution in [1.82, 2.24) is 5.43 Å². The molecule has 0 fully saturated rings. The van der Waals surface area contributed by atoms with E-state index in [-0.39, 0.29) is 12.5 Å². The molecular formula is C22H22N2O2. The van der Waals surface area contributed by atoms with Gasteiger partial charge in [0.25, 0.3) is 5.91 Å². The number of rotatable bonds is 5. The maximum absolute atomic E-state index is 12.0. The van der Waals surface area contributed by atoms with Crippen molar-refractivity contribution in [2.75, 3.05) is 6.61 Å². The quantitative estimate of drug-likeness (QED) is 0.551. The summed E-state index contributed by atoms with van der Waals surface area (Å²) < 4.78 is 5.57. The van der Waals surface area contributed by atoms with Gasteiger partial charge in [0.1, 0.15) is 5.75 Å². The maximum Gasteiger partial charge on any atom is 0.277 e. The van der Waals surface area contributed by atoms with Crippen molar-refractivity contribution in [1.29, 1.82) is 0 Å². The van der Waals surface area contributed by atoms with Crippen LogP contribution in [0.3, 0.4) is 0 Å². The highest BCUT2D eigenvalue weighted by Gasteiger charge is 2.04. The van der Waals surface area contributed by atoms with Crippen LogP contribution < -0.4 is 10.2 Å². The van der Waals surface area contributed by atoms with Crippen LogP contribution in [0.5, 0.6) is 5.75 Å². The largest absolute Gasteiger partial charge is 0.484 e. The molecular weight excluding hydrogens is 324 g/mol. The molecule has 0 saturated heterocycles. The molecule has 0 unspecified atom stereocenters. The summed E-state index contributed by atoms with van der Waals surface area (Å²) in [6, 6.07) is 19.9. The van der Waals surface area contributed by atoms with Crippen LogP contribution in [0.25, 0.3) is 10.8 Å². The predicted octanol–water partition coefficient (Wildman–Crippen LogP) is 4.38. The molecule has 3 aromatic rings. The minimum Gasteiger partial charge on any atom is -0.484 e. The zero-order valence-electron chi connectivity index (χ0n) is 15.2. The predicted molar refractivity (Wildman–Crippen MR) is 106 cm³/mol. The fraction of sp³-hybridized carbons (Fsp3) is 0.182. The molecule has 1 amide bonds. The van der Waals surface area contributed by atoms with Crippen LogP contribution in [0.15, 0.2) is 65.8 Å². The Hall–Kier alpha value is -3.14. The van der Waals surface area contributed by atoms with E-state index in [0.717, 1.165) is 22.0 Å². The van der Waals surface area contributed by atoms with Gasteiger partial charge in [-0.25, -0.2) is 5.43 Å². The Morgan fingerprint density at radius 1 is 0.962 bits per heavy atom. The van der Waals surface area contributed by atoms with E-state index in [1.165, 1.54) is 11.1 Å². The average molecular weight is 346 g/mol.